The average molecular weight is 302 g/mol. The van der Waals surface area contributed by atoms with E-state index in [4.69, 9.17) is 4.74 Å². The fourth-order valence-electron chi connectivity index (χ4n) is 2.76. The van der Waals surface area contributed by atoms with Crippen LogP contribution >= 0.6 is 0 Å². The zero-order chi connectivity index (χ0) is 16.3. The quantitative estimate of drug-likeness (QED) is 0.619. The zero-order valence-electron chi connectivity index (χ0n) is 13.5. The summed E-state index contributed by atoms with van der Waals surface area (Å²) in [5, 5.41) is 0. The molecular weight excluding hydrogens is 280 g/mol. The summed E-state index contributed by atoms with van der Waals surface area (Å²) >= 11 is 0. The molecule has 2 atom stereocenters. The molecule has 1 aromatic carbocycles. The first kappa shape index (κ1) is 16.3. The van der Waals surface area contributed by atoms with Gasteiger partial charge in [0.05, 0.1) is 13.0 Å². The van der Waals surface area contributed by atoms with Crippen molar-refractivity contribution in [3.63, 3.8) is 0 Å². The fraction of sp³-hybridized carbons (Fsp3) is 0.444. The molecule has 2 rings (SSSR count). The zero-order valence-corrected chi connectivity index (χ0v) is 13.5. The smallest absolute Gasteiger partial charge is 0.333 e. The molecule has 0 heterocycles. The van der Waals surface area contributed by atoms with Crippen LogP contribution in [0.3, 0.4) is 0 Å². The standard InChI is InChI=1S/C18H22O4/c1-12(16(19)21-4)10-14-15(18(14,2)3)17(20)22-11-13-8-6-5-7-9-13/h5-10,14-15H,11H2,1-4H3/b12-10+/t14-,15+/m1/s1. The van der Waals surface area contributed by atoms with Gasteiger partial charge in [0, 0.05) is 5.57 Å². The number of ether oxygens (including phenoxy) is 2. The molecule has 0 radical (unpaired) electrons. The topological polar surface area (TPSA) is 52.6 Å². The van der Waals surface area contributed by atoms with Crippen LogP contribution in [0.5, 0.6) is 0 Å². The second-order valence-corrected chi connectivity index (χ2v) is 6.26. The van der Waals surface area contributed by atoms with Crippen molar-refractivity contribution in [2.75, 3.05) is 7.11 Å². The normalized spacial score (nSPS) is 22.8. The van der Waals surface area contributed by atoms with E-state index in [1.807, 2.05) is 50.3 Å². The average Bonchev–Trinajstić information content (AvgIpc) is 3.05. The van der Waals surface area contributed by atoms with Crippen molar-refractivity contribution in [1.29, 1.82) is 0 Å². The summed E-state index contributed by atoms with van der Waals surface area (Å²) in [6, 6.07) is 9.59. The van der Waals surface area contributed by atoms with Gasteiger partial charge in [0.2, 0.25) is 0 Å². The lowest BCUT2D eigenvalue weighted by atomic mass is 10.1. The van der Waals surface area contributed by atoms with Crippen LogP contribution in [0.15, 0.2) is 42.0 Å². The van der Waals surface area contributed by atoms with Gasteiger partial charge in [-0.2, -0.15) is 0 Å². The van der Waals surface area contributed by atoms with E-state index in [0.717, 1.165) is 5.56 Å². The van der Waals surface area contributed by atoms with Crippen LogP contribution in [0, 0.1) is 17.3 Å². The summed E-state index contributed by atoms with van der Waals surface area (Å²) in [6.07, 6.45) is 1.82. The Morgan fingerprint density at radius 1 is 1.23 bits per heavy atom. The Hall–Kier alpha value is -2.10. The summed E-state index contributed by atoms with van der Waals surface area (Å²) in [6.45, 7) is 5.99. The van der Waals surface area contributed by atoms with Crippen molar-refractivity contribution in [3.05, 3.63) is 47.5 Å². The molecule has 1 aromatic rings. The first-order chi connectivity index (χ1) is 10.4. The second-order valence-electron chi connectivity index (χ2n) is 6.26. The Balaban J connectivity index is 1.97. The van der Waals surface area contributed by atoms with Gasteiger partial charge in [-0.1, -0.05) is 50.3 Å². The van der Waals surface area contributed by atoms with E-state index in [1.54, 1.807) is 6.92 Å². The number of rotatable bonds is 5. The minimum absolute atomic E-state index is 0.00914. The lowest BCUT2D eigenvalue weighted by Gasteiger charge is -2.05. The summed E-state index contributed by atoms with van der Waals surface area (Å²) in [7, 11) is 1.35. The third-order valence-corrected chi connectivity index (χ3v) is 4.33. The van der Waals surface area contributed by atoms with Crippen molar-refractivity contribution in [2.45, 2.75) is 27.4 Å². The van der Waals surface area contributed by atoms with Crippen LogP contribution in [0.25, 0.3) is 0 Å². The molecule has 0 amide bonds. The highest BCUT2D eigenvalue weighted by molar-refractivity contribution is 5.88. The number of hydrogen-bond acceptors (Lipinski definition) is 4. The molecule has 22 heavy (non-hydrogen) atoms. The monoisotopic (exact) mass is 302 g/mol. The molecule has 1 saturated carbocycles. The molecule has 1 aliphatic rings. The van der Waals surface area contributed by atoms with Gasteiger partial charge in [0.1, 0.15) is 6.61 Å². The van der Waals surface area contributed by atoms with Crippen molar-refractivity contribution < 1.29 is 19.1 Å². The van der Waals surface area contributed by atoms with Crippen LogP contribution in [0.1, 0.15) is 26.3 Å². The van der Waals surface area contributed by atoms with Crippen LogP contribution in [-0.4, -0.2) is 19.0 Å². The summed E-state index contributed by atoms with van der Waals surface area (Å²) in [5.74, 6) is -0.780. The van der Waals surface area contributed by atoms with Gasteiger partial charge in [-0.15, -0.1) is 0 Å². The molecule has 0 spiro atoms. The van der Waals surface area contributed by atoms with Gasteiger partial charge in [0.25, 0.3) is 0 Å². The van der Waals surface area contributed by atoms with Crippen LogP contribution < -0.4 is 0 Å². The third kappa shape index (κ3) is 3.38. The summed E-state index contributed by atoms with van der Waals surface area (Å²) in [4.78, 5) is 23.7. The molecule has 0 aromatic heterocycles. The summed E-state index contributed by atoms with van der Waals surface area (Å²) in [5.41, 5.74) is 1.30. The second kappa shape index (κ2) is 6.34. The Morgan fingerprint density at radius 2 is 1.86 bits per heavy atom. The molecule has 1 fully saturated rings. The van der Waals surface area contributed by atoms with E-state index in [-0.39, 0.29) is 35.8 Å². The number of carbonyl (C=O) groups excluding carboxylic acids is 2. The number of hydrogen-bond donors (Lipinski definition) is 0. The maximum atomic E-state index is 12.3. The SMILES string of the molecule is COC(=O)/C(C)=C/[C@@H]1[C@@H](C(=O)OCc2ccccc2)C1(C)C. The van der Waals surface area contributed by atoms with Crippen molar-refractivity contribution in [3.8, 4) is 0 Å². The molecule has 1 aliphatic carbocycles. The molecule has 0 unspecified atom stereocenters. The van der Waals surface area contributed by atoms with Gasteiger partial charge >= 0.3 is 11.9 Å². The van der Waals surface area contributed by atoms with Gasteiger partial charge in [0.15, 0.2) is 0 Å². The largest absolute Gasteiger partial charge is 0.466 e. The molecule has 0 aliphatic heterocycles. The first-order valence-corrected chi connectivity index (χ1v) is 7.35. The van der Waals surface area contributed by atoms with Crippen LogP contribution in [-0.2, 0) is 25.7 Å². The molecule has 0 N–H and O–H groups in total. The molecular formula is C18H22O4. The Bertz CT molecular complexity index is 586. The number of allylic oxidation sites excluding steroid dienone is 1. The molecule has 0 bridgehead atoms. The Kier molecular flexibility index (Phi) is 4.69. The fourth-order valence-corrected chi connectivity index (χ4v) is 2.76. The van der Waals surface area contributed by atoms with E-state index < -0.39 is 0 Å². The third-order valence-electron chi connectivity index (χ3n) is 4.33. The lowest BCUT2D eigenvalue weighted by molar-refractivity contribution is -0.147. The summed E-state index contributed by atoms with van der Waals surface area (Å²) < 4.78 is 10.1. The van der Waals surface area contributed by atoms with Gasteiger partial charge in [-0.25, -0.2) is 4.79 Å². The molecule has 4 heteroatoms. The van der Waals surface area contributed by atoms with E-state index in [1.165, 1.54) is 7.11 Å². The minimum atomic E-state index is -0.362. The predicted molar refractivity (Wildman–Crippen MR) is 82.8 cm³/mol. The maximum absolute atomic E-state index is 12.3. The number of methoxy groups -OCH3 is 1. The van der Waals surface area contributed by atoms with E-state index in [0.29, 0.717) is 5.57 Å². The minimum Gasteiger partial charge on any atom is -0.466 e. The Morgan fingerprint density at radius 3 is 2.45 bits per heavy atom. The highest BCUT2D eigenvalue weighted by Crippen LogP contribution is 2.59. The van der Waals surface area contributed by atoms with Crippen molar-refractivity contribution in [2.24, 2.45) is 17.3 Å². The molecule has 4 nitrogen and oxygen atoms in total. The van der Waals surface area contributed by atoms with Crippen LogP contribution in [0.4, 0.5) is 0 Å². The van der Waals surface area contributed by atoms with Crippen molar-refractivity contribution in [1.82, 2.24) is 0 Å². The van der Waals surface area contributed by atoms with Crippen LogP contribution in [0.2, 0.25) is 0 Å². The maximum Gasteiger partial charge on any atom is 0.333 e. The number of carbonyl (C=O) groups is 2. The van der Waals surface area contributed by atoms with E-state index in [9.17, 15) is 9.59 Å². The van der Waals surface area contributed by atoms with Gasteiger partial charge < -0.3 is 9.47 Å². The van der Waals surface area contributed by atoms with E-state index >= 15 is 0 Å². The predicted octanol–water partition coefficient (Wildman–Crippen LogP) is 3.12. The molecule has 118 valence electrons. The first-order valence-electron chi connectivity index (χ1n) is 7.35. The number of esters is 2. The lowest BCUT2D eigenvalue weighted by Crippen LogP contribution is -2.10. The van der Waals surface area contributed by atoms with Gasteiger partial charge in [-0.3, -0.25) is 4.79 Å². The van der Waals surface area contributed by atoms with Gasteiger partial charge in [-0.05, 0) is 23.8 Å². The highest BCUT2D eigenvalue weighted by Gasteiger charge is 2.61. The van der Waals surface area contributed by atoms with E-state index in [2.05, 4.69) is 4.74 Å². The van der Waals surface area contributed by atoms with Crippen molar-refractivity contribution >= 4 is 11.9 Å². The number of benzene rings is 1. The Labute approximate surface area is 131 Å². The molecule has 0 saturated heterocycles. The highest BCUT2D eigenvalue weighted by atomic mass is 16.5.